The standard InChI is InChI=1S/C9H9N3O4S/c10-4(8(14)15)3-12-5-1-2-17-6(5)7(13)11-9(12)16/h1-2,4H,3,10H2,(H,14,15)(H,11,13,16)/t4-/m0/s1/i2T. The van der Waals surface area contributed by atoms with Gasteiger partial charge in [0.15, 0.2) is 0 Å². The molecule has 7 nitrogen and oxygen atoms in total. The molecule has 4 N–H and O–H groups in total. The molecule has 0 aromatic carbocycles. The van der Waals surface area contributed by atoms with E-state index in [4.69, 9.17) is 12.2 Å². The van der Waals surface area contributed by atoms with Crippen LogP contribution >= 0.6 is 11.3 Å². The van der Waals surface area contributed by atoms with Gasteiger partial charge in [0, 0.05) is 0 Å². The number of nitrogens with zero attached hydrogens (tertiary/aromatic N) is 1. The zero-order valence-electron chi connectivity index (χ0n) is 9.47. The summed E-state index contributed by atoms with van der Waals surface area (Å²) in [7, 11) is 0. The van der Waals surface area contributed by atoms with Gasteiger partial charge < -0.3 is 10.8 Å². The molecule has 0 saturated heterocycles. The summed E-state index contributed by atoms with van der Waals surface area (Å²) in [5, 5.41) is 8.83. The number of hydrogen-bond acceptors (Lipinski definition) is 5. The maximum absolute atomic E-state index is 11.6. The van der Waals surface area contributed by atoms with Crippen molar-refractivity contribution in [3.05, 3.63) is 32.3 Å². The number of carboxylic acids is 1. The minimum Gasteiger partial charge on any atom is -0.480 e. The first-order valence-electron chi connectivity index (χ1n) is 5.12. The third-order valence-electron chi connectivity index (χ3n) is 2.25. The van der Waals surface area contributed by atoms with E-state index < -0.39 is 23.3 Å². The van der Waals surface area contributed by atoms with E-state index in [0.717, 1.165) is 15.9 Å². The highest BCUT2D eigenvalue weighted by molar-refractivity contribution is 7.17. The van der Waals surface area contributed by atoms with Gasteiger partial charge in [0.2, 0.25) is 0 Å². The Kier molecular flexibility index (Phi) is 2.50. The van der Waals surface area contributed by atoms with Crippen molar-refractivity contribution in [1.29, 1.82) is 0 Å². The molecule has 0 saturated carbocycles. The minimum atomic E-state index is -1.26. The van der Waals surface area contributed by atoms with Gasteiger partial charge in [0.05, 0.1) is 13.4 Å². The van der Waals surface area contributed by atoms with Crippen molar-refractivity contribution in [2.24, 2.45) is 5.73 Å². The van der Waals surface area contributed by atoms with Crippen LogP contribution in [0.5, 0.6) is 0 Å². The molecule has 0 radical (unpaired) electrons. The lowest BCUT2D eigenvalue weighted by Gasteiger charge is -2.09. The molecule has 0 amide bonds. The fourth-order valence-corrected chi connectivity index (χ4v) is 2.12. The molecule has 2 aromatic heterocycles. The molecule has 0 fully saturated rings. The second-order valence-electron chi connectivity index (χ2n) is 3.39. The average molecular weight is 257 g/mol. The molecular weight excluding hydrogens is 246 g/mol. The molecule has 0 aliphatic heterocycles. The van der Waals surface area contributed by atoms with E-state index in [2.05, 4.69) is 4.98 Å². The number of aliphatic carboxylic acids is 1. The lowest BCUT2D eigenvalue weighted by atomic mass is 10.3. The topological polar surface area (TPSA) is 118 Å². The maximum Gasteiger partial charge on any atom is 0.328 e. The second kappa shape index (κ2) is 4.15. The quantitative estimate of drug-likeness (QED) is 0.662. The Morgan fingerprint density at radius 2 is 2.41 bits per heavy atom. The number of aromatic amines is 1. The summed E-state index contributed by atoms with van der Waals surface area (Å²) in [6.45, 7) is -0.266. The van der Waals surface area contributed by atoms with Crippen LogP contribution in [0.15, 0.2) is 21.0 Å². The highest BCUT2D eigenvalue weighted by atomic mass is 32.1. The van der Waals surface area contributed by atoms with Crippen molar-refractivity contribution in [1.82, 2.24) is 9.55 Å². The van der Waals surface area contributed by atoms with Crippen molar-refractivity contribution in [3.63, 3.8) is 0 Å². The monoisotopic (exact) mass is 257 g/mol. The van der Waals surface area contributed by atoms with Crippen LogP contribution in [0, 0.1) is 0 Å². The summed E-state index contributed by atoms with van der Waals surface area (Å²) >= 11 is 0.912. The van der Waals surface area contributed by atoms with E-state index in [1.54, 1.807) is 0 Å². The first-order chi connectivity index (χ1) is 8.40. The van der Waals surface area contributed by atoms with Crippen LogP contribution in [0.2, 0.25) is 0 Å². The van der Waals surface area contributed by atoms with Crippen molar-refractivity contribution >= 4 is 27.5 Å². The molecule has 0 spiro atoms. The van der Waals surface area contributed by atoms with Gasteiger partial charge in [-0.2, -0.15) is 0 Å². The van der Waals surface area contributed by atoms with Crippen LogP contribution in [-0.4, -0.2) is 26.7 Å². The molecule has 8 heteroatoms. The Morgan fingerprint density at radius 3 is 3.06 bits per heavy atom. The Hall–Kier alpha value is -1.93. The van der Waals surface area contributed by atoms with Crippen LogP contribution in [0.3, 0.4) is 0 Å². The van der Waals surface area contributed by atoms with Crippen LogP contribution in [-0.2, 0) is 11.3 Å². The average Bonchev–Trinajstić information content (AvgIpc) is 2.66. The van der Waals surface area contributed by atoms with E-state index in [9.17, 15) is 14.4 Å². The third kappa shape index (κ3) is 1.99. The Morgan fingerprint density at radius 1 is 1.71 bits per heavy atom. The van der Waals surface area contributed by atoms with Gasteiger partial charge in [-0.25, -0.2) is 4.79 Å². The van der Waals surface area contributed by atoms with Gasteiger partial charge in [-0.1, -0.05) is 0 Å². The van der Waals surface area contributed by atoms with Gasteiger partial charge in [0.25, 0.3) is 5.56 Å². The third-order valence-corrected chi connectivity index (χ3v) is 3.08. The molecule has 17 heavy (non-hydrogen) atoms. The lowest BCUT2D eigenvalue weighted by Crippen LogP contribution is -2.40. The number of hydrogen-bond donors (Lipinski definition) is 3. The Balaban J connectivity index is 2.66. The molecular formula is C9H9N3O4S. The van der Waals surface area contributed by atoms with Gasteiger partial charge in [-0.3, -0.25) is 19.1 Å². The fourth-order valence-electron chi connectivity index (χ4n) is 1.41. The number of H-pyrrole nitrogens is 1. The number of nitrogens with two attached hydrogens (primary N) is 1. The Bertz CT molecular complexity index is 731. The van der Waals surface area contributed by atoms with Gasteiger partial charge in [-0.15, -0.1) is 11.3 Å². The van der Waals surface area contributed by atoms with Gasteiger partial charge in [-0.05, 0) is 11.4 Å². The predicted octanol–water partition coefficient (Wildman–Crippen LogP) is -0.837. The molecule has 0 unspecified atom stereocenters. The normalized spacial score (nSPS) is 13.6. The van der Waals surface area contributed by atoms with Gasteiger partial charge in [0.1, 0.15) is 10.7 Å². The summed E-state index contributed by atoms with van der Waals surface area (Å²) in [5.41, 5.74) is 4.27. The minimum absolute atomic E-state index is 0.110. The predicted molar refractivity (Wildman–Crippen MR) is 62.3 cm³/mol. The number of aromatic nitrogens is 2. The van der Waals surface area contributed by atoms with E-state index >= 15 is 0 Å². The molecule has 2 aromatic rings. The SMILES string of the molecule is [3H]c1cc2c(s1)c(=O)[nH]c(=O)n2C[C@H](N)C(=O)O. The van der Waals surface area contributed by atoms with Crippen LogP contribution < -0.4 is 17.0 Å². The highest BCUT2D eigenvalue weighted by Gasteiger charge is 2.16. The molecule has 2 heterocycles. The zero-order valence-corrected chi connectivity index (χ0v) is 9.28. The number of rotatable bonds is 3. The molecule has 90 valence electrons. The Labute approximate surface area is 99.5 Å². The number of thiophene rings is 1. The molecule has 0 bridgehead atoms. The smallest absolute Gasteiger partial charge is 0.328 e. The number of carboxylic acid groups (broad SMARTS) is 1. The van der Waals surface area contributed by atoms with Crippen molar-refractivity contribution < 1.29 is 11.3 Å². The molecule has 0 aliphatic carbocycles. The lowest BCUT2D eigenvalue weighted by molar-refractivity contribution is -0.138. The summed E-state index contributed by atoms with van der Waals surface area (Å²) in [5.74, 6) is -1.25. The number of carbonyl (C=O) groups is 1. The van der Waals surface area contributed by atoms with Crippen LogP contribution in [0.4, 0.5) is 0 Å². The maximum atomic E-state index is 11.6. The van der Waals surface area contributed by atoms with Crippen molar-refractivity contribution in [2.45, 2.75) is 12.6 Å². The van der Waals surface area contributed by atoms with E-state index in [-0.39, 0.29) is 22.1 Å². The summed E-state index contributed by atoms with van der Waals surface area (Å²) in [6, 6.07) is 0.0801. The molecule has 1 atom stereocenters. The fraction of sp³-hybridized carbons (Fsp3) is 0.222. The summed E-state index contributed by atoms with van der Waals surface area (Å²) in [4.78, 5) is 35.9. The first kappa shape index (κ1) is 10.2. The summed E-state index contributed by atoms with van der Waals surface area (Å²) < 4.78 is 8.72. The highest BCUT2D eigenvalue weighted by Crippen LogP contribution is 2.14. The molecule has 2 rings (SSSR count). The zero-order chi connectivity index (χ0) is 13.4. The largest absolute Gasteiger partial charge is 0.480 e. The second-order valence-corrected chi connectivity index (χ2v) is 4.24. The van der Waals surface area contributed by atoms with E-state index in [0.29, 0.717) is 0 Å². The van der Waals surface area contributed by atoms with Crippen molar-refractivity contribution in [2.75, 3.05) is 0 Å². The number of nitrogens with one attached hydrogen (secondary N) is 1. The van der Waals surface area contributed by atoms with Crippen LogP contribution in [0.25, 0.3) is 10.2 Å². The number of fused-ring (bicyclic) bond motifs is 1. The van der Waals surface area contributed by atoms with Crippen molar-refractivity contribution in [3.8, 4) is 0 Å². The van der Waals surface area contributed by atoms with E-state index in [1.807, 2.05) is 0 Å². The van der Waals surface area contributed by atoms with E-state index in [1.165, 1.54) is 6.07 Å². The molecule has 0 aliphatic rings. The summed E-state index contributed by atoms with van der Waals surface area (Å²) in [6.07, 6.45) is 0. The first-order valence-corrected chi connectivity index (χ1v) is 5.43. The van der Waals surface area contributed by atoms with Crippen LogP contribution in [0.1, 0.15) is 1.37 Å². The van der Waals surface area contributed by atoms with Gasteiger partial charge >= 0.3 is 11.7 Å².